The molecule has 4 aromatic rings. The van der Waals surface area contributed by atoms with Crippen LogP contribution in [0.1, 0.15) is 17.4 Å². The molecule has 0 aliphatic rings. The second-order valence-electron chi connectivity index (χ2n) is 8.01. The van der Waals surface area contributed by atoms with E-state index in [0.717, 1.165) is 9.37 Å². The molecule has 4 N–H and O–H groups in total. The molecule has 0 spiro atoms. The molecule has 10 heteroatoms. The van der Waals surface area contributed by atoms with Crippen LogP contribution in [-0.2, 0) is 9.59 Å². The highest BCUT2D eigenvalue weighted by atomic mass is 79.9. The monoisotopic (exact) mass is 589 g/mol. The van der Waals surface area contributed by atoms with Crippen molar-refractivity contribution in [1.29, 1.82) is 0 Å². The van der Waals surface area contributed by atoms with E-state index in [1.165, 1.54) is 17.8 Å². The highest BCUT2D eigenvalue weighted by Gasteiger charge is 2.19. The zero-order valence-electron chi connectivity index (χ0n) is 20.0. The van der Waals surface area contributed by atoms with E-state index in [1.807, 2.05) is 60.7 Å². The number of azo groups is 1. The summed E-state index contributed by atoms with van der Waals surface area (Å²) < 4.78 is 0.940. The van der Waals surface area contributed by atoms with Gasteiger partial charge in [-0.3, -0.25) is 15.0 Å². The Bertz CT molecular complexity index is 1400. The van der Waals surface area contributed by atoms with Crippen LogP contribution in [0.5, 0.6) is 5.75 Å². The molecule has 0 aliphatic carbocycles. The number of thioether (sulfide) groups is 1. The Morgan fingerprint density at radius 2 is 1.45 bits per heavy atom. The van der Waals surface area contributed by atoms with E-state index in [-0.39, 0.29) is 12.2 Å². The zero-order valence-corrected chi connectivity index (χ0v) is 22.4. The zero-order chi connectivity index (χ0) is 26.7. The lowest BCUT2D eigenvalue weighted by Crippen LogP contribution is -2.40. The van der Waals surface area contributed by atoms with Crippen molar-refractivity contribution in [2.75, 3.05) is 5.32 Å². The van der Waals surface area contributed by atoms with E-state index in [0.29, 0.717) is 22.6 Å². The molecule has 0 saturated heterocycles. The first kappa shape index (κ1) is 27.1. The maximum Gasteiger partial charge on any atom is 0.243 e. The number of nitrogens with one attached hydrogen (secondary N) is 3. The Morgan fingerprint density at radius 3 is 2.16 bits per heavy atom. The molecule has 0 fully saturated rings. The minimum absolute atomic E-state index is 0.0181. The summed E-state index contributed by atoms with van der Waals surface area (Å²) >= 11 is 4.77. The minimum Gasteiger partial charge on any atom is -0.508 e. The Hall–Kier alpha value is -3.99. The number of hydrogen-bond donors (Lipinski definition) is 4. The predicted molar refractivity (Wildman–Crippen MR) is 152 cm³/mol. The number of anilines is 1. The van der Waals surface area contributed by atoms with E-state index in [4.69, 9.17) is 0 Å². The molecule has 0 aromatic heterocycles. The largest absolute Gasteiger partial charge is 0.508 e. The van der Waals surface area contributed by atoms with Crippen LogP contribution in [-0.4, -0.2) is 16.9 Å². The van der Waals surface area contributed by atoms with E-state index in [1.54, 1.807) is 36.4 Å². The summed E-state index contributed by atoms with van der Waals surface area (Å²) in [7, 11) is 0. The molecular weight excluding hydrogens is 566 g/mol. The van der Waals surface area contributed by atoms with Gasteiger partial charge in [-0.1, -0.05) is 52.3 Å². The van der Waals surface area contributed by atoms with Crippen molar-refractivity contribution in [3.63, 3.8) is 0 Å². The number of para-hydroxylation sites is 1. The highest BCUT2D eigenvalue weighted by molar-refractivity contribution is 9.10. The molecule has 0 radical (unpaired) electrons. The quantitative estimate of drug-likeness (QED) is 0.0522. The van der Waals surface area contributed by atoms with Crippen LogP contribution in [0.3, 0.4) is 0 Å². The summed E-state index contributed by atoms with van der Waals surface area (Å²) in [6, 6.07) is 30.7. The topological polar surface area (TPSA) is 115 Å². The standard InChI is InChI=1S/C28H24BrN5O3S/c29-19-11-13-21(14-12-19)31-32-22-15-16-25(35)24(17-22)28(38-23-9-5-2-6-10-23)34-33-27(37)18-26(36)30-20-7-3-1-4-8-20/h1-17,28,34-35H,18H2,(H,30,36)(H,33,37)/t28-/m0/s1. The summed E-state index contributed by atoms with van der Waals surface area (Å²) in [5, 5.41) is 21.3. The van der Waals surface area contributed by atoms with Crippen molar-refractivity contribution >= 4 is 56.6 Å². The molecular formula is C28H24BrN5O3S. The molecule has 0 saturated carbocycles. The molecule has 8 nitrogen and oxygen atoms in total. The van der Waals surface area contributed by atoms with E-state index in [9.17, 15) is 14.7 Å². The molecule has 4 rings (SSSR count). The highest BCUT2D eigenvalue weighted by Crippen LogP contribution is 2.38. The Balaban J connectivity index is 1.48. The van der Waals surface area contributed by atoms with Crippen LogP contribution < -0.4 is 16.2 Å². The summed E-state index contributed by atoms with van der Waals surface area (Å²) in [5.41, 5.74) is 7.83. The van der Waals surface area contributed by atoms with Gasteiger partial charge in [0.25, 0.3) is 0 Å². The number of hydrogen-bond acceptors (Lipinski definition) is 7. The maximum atomic E-state index is 12.5. The molecule has 2 amide bonds. The fourth-order valence-corrected chi connectivity index (χ4v) is 4.59. The second kappa shape index (κ2) is 13.5. The summed E-state index contributed by atoms with van der Waals surface area (Å²) in [4.78, 5) is 25.7. The lowest BCUT2D eigenvalue weighted by molar-refractivity contribution is -0.127. The van der Waals surface area contributed by atoms with E-state index >= 15 is 0 Å². The maximum absolute atomic E-state index is 12.5. The predicted octanol–water partition coefficient (Wildman–Crippen LogP) is 7.01. The van der Waals surface area contributed by atoms with Crippen molar-refractivity contribution < 1.29 is 14.7 Å². The molecule has 0 aliphatic heterocycles. The van der Waals surface area contributed by atoms with Gasteiger partial charge in [-0.2, -0.15) is 10.2 Å². The van der Waals surface area contributed by atoms with Gasteiger partial charge in [0, 0.05) is 20.6 Å². The number of phenolic OH excluding ortho intramolecular Hbond substituents is 1. The van der Waals surface area contributed by atoms with Crippen molar-refractivity contribution in [3.8, 4) is 5.75 Å². The number of carbonyl (C=O) groups excluding carboxylic acids is 2. The molecule has 38 heavy (non-hydrogen) atoms. The van der Waals surface area contributed by atoms with Gasteiger partial charge < -0.3 is 10.4 Å². The van der Waals surface area contributed by atoms with Crippen LogP contribution in [0, 0.1) is 0 Å². The number of rotatable bonds is 10. The summed E-state index contributed by atoms with van der Waals surface area (Å²) in [6.45, 7) is 0. The van der Waals surface area contributed by atoms with Gasteiger partial charge in [-0.25, -0.2) is 5.43 Å². The summed E-state index contributed by atoms with van der Waals surface area (Å²) in [5.74, 6) is -0.951. The Labute approximate surface area is 232 Å². The van der Waals surface area contributed by atoms with Gasteiger partial charge >= 0.3 is 0 Å². The van der Waals surface area contributed by atoms with Crippen LogP contribution in [0.2, 0.25) is 0 Å². The molecule has 0 unspecified atom stereocenters. The van der Waals surface area contributed by atoms with Crippen molar-refractivity contribution in [1.82, 2.24) is 10.9 Å². The van der Waals surface area contributed by atoms with Crippen LogP contribution >= 0.6 is 27.7 Å². The molecule has 4 aromatic carbocycles. The number of nitrogens with zero attached hydrogens (tertiary/aromatic N) is 2. The molecule has 1 atom stereocenters. The summed E-state index contributed by atoms with van der Waals surface area (Å²) in [6.07, 6.45) is -0.377. The Kier molecular flexibility index (Phi) is 9.63. The molecule has 192 valence electrons. The number of aromatic hydroxyl groups is 1. The van der Waals surface area contributed by atoms with Crippen LogP contribution in [0.25, 0.3) is 0 Å². The van der Waals surface area contributed by atoms with Crippen LogP contribution in [0.15, 0.2) is 123 Å². The van der Waals surface area contributed by atoms with Gasteiger partial charge in [-0.05, 0) is 66.7 Å². The van der Waals surface area contributed by atoms with Gasteiger partial charge in [0.1, 0.15) is 17.5 Å². The van der Waals surface area contributed by atoms with Crippen LogP contribution in [0.4, 0.5) is 17.1 Å². The van der Waals surface area contributed by atoms with Gasteiger partial charge in [0.15, 0.2) is 0 Å². The first-order chi connectivity index (χ1) is 18.5. The van der Waals surface area contributed by atoms with Crippen molar-refractivity contribution in [2.24, 2.45) is 10.2 Å². The Morgan fingerprint density at radius 1 is 0.816 bits per heavy atom. The first-order valence-electron chi connectivity index (χ1n) is 11.6. The number of benzene rings is 4. The lowest BCUT2D eigenvalue weighted by Gasteiger charge is -2.20. The van der Waals surface area contributed by atoms with Crippen molar-refractivity contribution in [3.05, 3.63) is 113 Å². The van der Waals surface area contributed by atoms with Gasteiger partial charge in [0.05, 0.1) is 11.4 Å². The lowest BCUT2D eigenvalue weighted by atomic mass is 10.2. The fourth-order valence-electron chi connectivity index (χ4n) is 3.31. The average Bonchev–Trinajstić information content (AvgIpc) is 2.92. The SMILES string of the molecule is O=C(CC(=O)Nc1ccccc1)NN[C@@H](Sc1ccccc1)c1cc(N=Nc2ccc(Br)cc2)ccc1O. The third kappa shape index (κ3) is 8.27. The number of phenols is 1. The average molecular weight is 591 g/mol. The number of halogens is 1. The third-order valence-corrected chi connectivity index (χ3v) is 6.80. The molecule has 0 bridgehead atoms. The minimum atomic E-state index is -0.596. The molecule has 0 heterocycles. The first-order valence-corrected chi connectivity index (χ1v) is 13.2. The van der Waals surface area contributed by atoms with E-state index < -0.39 is 17.2 Å². The fraction of sp³-hybridized carbons (Fsp3) is 0.0714. The van der Waals surface area contributed by atoms with E-state index in [2.05, 4.69) is 42.3 Å². The number of hydrazine groups is 1. The van der Waals surface area contributed by atoms with Gasteiger partial charge in [-0.15, -0.1) is 11.8 Å². The number of amides is 2. The number of carbonyl (C=O) groups is 2. The second-order valence-corrected chi connectivity index (χ2v) is 10.1. The van der Waals surface area contributed by atoms with Gasteiger partial charge in [0.2, 0.25) is 11.8 Å². The third-order valence-electron chi connectivity index (χ3n) is 5.12. The smallest absolute Gasteiger partial charge is 0.243 e. The normalized spacial score (nSPS) is 11.7. The van der Waals surface area contributed by atoms with Crippen molar-refractivity contribution in [2.45, 2.75) is 16.7 Å².